The molecule has 4 rings (SSSR count). The minimum atomic E-state index is -0.285. The molecule has 3 aromatic rings. The Hall–Kier alpha value is -2.65. The molecular weight excluding hydrogens is 308 g/mol. The van der Waals surface area contributed by atoms with Crippen molar-refractivity contribution in [2.24, 2.45) is 0 Å². The van der Waals surface area contributed by atoms with E-state index in [0.717, 1.165) is 25.3 Å². The summed E-state index contributed by atoms with van der Waals surface area (Å²) in [6, 6.07) is 24.2. The van der Waals surface area contributed by atoms with E-state index < -0.39 is 0 Å². The summed E-state index contributed by atoms with van der Waals surface area (Å²) in [5.41, 5.74) is 1.80. The number of hydrogen-bond donors (Lipinski definition) is 1. The summed E-state index contributed by atoms with van der Waals surface area (Å²) in [6.07, 6.45) is 0. The van der Waals surface area contributed by atoms with E-state index in [0.29, 0.717) is 0 Å². The fourth-order valence-corrected chi connectivity index (χ4v) is 3.93. The quantitative estimate of drug-likeness (QED) is 0.780. The molecule has 3 nitrogen and oxygen atoms in total. The molecule has 0 bridgehead atoms. The van der Waals surface area contributed by atoms with Gasteiger partial charge in [-0.1, -0.05) is 60.7 Å². The van der Waals surface area contributed by atoms with Crippen molar-refractivity contribution in [3.05, 3.63) is 88.6 Å². The van der Waals surface area contributed by atoms with Crippen LogP contribution < -0.4 is 15.6 Å². The Morgan fingerprint density at radius 3 is 2.60 bits per heavy atom. The van der Waals surface area contributed by atoms with E-state index >= 15 is 0 Å². The van der Waals surface area contributed by atoms with E-state index in [4.69, 9.17) is 0 Å². The van der Waals surface area contributed by atoms with E-state index in [2.05, 4.69) is 59.6 Å². The average molecular weight is 330 g/mol. The third kappa shape index (κ3) is 2.71. The van der Waals surface area contributed by atoms with Crippen LogP contribution in [0.1, 0.15) is 12.5 Å². The monoisotopic (exact) mass is 330 g/mol. The Balaban J connectivity index is 1.93. The van der Waals surface area contributed by atoms with Crippen LogP contribution in [0.25, 0.3) is 10.8 Å². The fraction of sp³-hybridized carbons (Fsp3) is 0.227. The van der Waals surface area contributed by atoms with Crippen molar-refractivity contribution in [3.63, 3.8) is 0 Å². The van der Waals surface area contributed by atoms with Crippen LogP contribution in [0, 0.1) is 0 Å². The summed E-state index contributed by atoms with van der Waals surface area (Å²) in [6.45, 7) is 4.71. The Morgan fingerprint density at radius 1 is 0.920 bits per heavy atom. The molecule has 3 aromatic carbocycles. The number of nitrogens with zero attached hydrogens (tertiary/aromatic N) is 1. The molecule has 1 heterocycles. The van der Waals surface area contributed by atoms with Crippen molar-refractivity contribution in [2.75, 3.05) is 24.5 Å². The first kappa shape index (κ1) is 15.9. The van der Waals surface area contributed by atoms with E-state index in [1.165, 1.54) is 16.3 Å². The fourth-order valence-electron chi connectivity index (χ4n) is 3.93. The first-order chi connectivity index (χ1) is 12.2. The number of rotatable bonds is 2. The molecule has 0 amide bonds. The lowest BCUT2D eigenvalue weighted by Crippen LogP contribution is -2.58. The van der Waals surface area contributed by atoms with Gasteiger partial charge in [-0.3, -0.25) is 4.79 Å². The SMILES string of the molecule is CC1(c2cccc3ccccc23)CNCCN1c1cccccc1=O. The lowest BCUT2D eigenvalue weighted by molar-refractivity contribution is 0.363. The molecule has 0 spiro atoms. The second kappa shape index (κ2) is 6.34. The summed E-state index contributed by atoms with van der Waals surface area (Å²) >= 11 is 0. The van der Waals surface area contributed by atoms with E-state index in [1.54, 1.807) is 6.07 Å². The molecule has 126 valence electrons. The highest BCUT2D eigenvalue weighted by atomic mass is 16.1. The van der Waals surface area contributed by atoms with Crippen LogP contribution >= 0.6 is 0 Å². The Kier molecular flexibility index (Phi) is 4.02. The average Bonchev–Trinajstić information content (AvgIpc) is 2.86. The van der Waals surface area contributed by atoms with Gasteiger partial charge in [-0.25, -0.2) is 0 Å². The molecule has 1 fully saturated rings. The molecule has 0 aliphatic carbocycles. The molecule has 3 heteroatoms. The van der Waals surface area contributed by atoms with Crippen molar-refractivity contribution in [2.45, 2.75) is 12.5 Å². The van der Waals surface area contributed by atoms with Crippen LogP contribution in [0.15, 0.2) is 77.6 Å². The maximum Gasteiger partial charge on any atom is 0.201 e. The van der Waals surface area contributed by atoms with Gasteiger partial charge < -0.3 is 10.2 Å². The van der Waals surface area contributed by atoms with Gasteiger partial charge in [0.2, 0.25) is 5.43 Å². The van der Waals surface area contributed by atoms with Crippen LogP contribution in [-0.4, -0.2) is 19.6 Å². The molecule has 25 heavy (non-hydrogen) atoms. The second-order valence-corrected chi connectivity index (χ2v) is 6.79. The van der Waals surface area contributed by atoms with Gasteiger partial charge in [-0.05, 0) is 35.4 Å². The molecule has 1 N–H and O–H groups in total. The summed E-state index contributed by atoms with van der Waals surface area (Å²) in [5, 5.41) is 6.00. The summed E-state index contributed by atoms with van der Waals surface area (Å²) in [7, 11) is 0. The van der Waals surface area contributed by atoms with Crippen LogP contribution in [-0.2, 0) is 5.54 Å². The first-order valence-electron chi connectivity index (χ1n) is 8.76. The van der Waals surface area contributed by atoms with E-state index in [1.807, 2.05) is 24.3 Å². The number of benzene rings is 2. The number of nitrogens with one attached hydrogen (secondary N) is 1. The molecule has 0 aromatic heterocycles. The van der Waals surface area contributed by atoms with Gasteiger partial charge in [0.1, 0.15) is 0 Å². The molecule has 1 atom stereocenters. The van der Waals surface area contributed by atoms with Crippen molar-refractivity contribution < 1.29 is 0 Å². The van der Waals surface area contributed by atoms with Crippen LogP contribution in [0.3, 0.4) is 0 Å². The number of fused-ring (bicyclic) bond motifs is 1. The highest BCUT2D eigenvalue weighted by molar-refractivity contribution is 5.87. The van der Waals surface area contributed by atoms with Crippen molar-refractivity contribution >= 4 is 16.5 Å². The predicted octanol–water partition coefficient (Wildman–Crippen LogP) is 3.53. The van der Waals surface area contributed by atoms with Crippen LogP contribution in [0.2, 0.25) is 0 Å². The largest absolute Gasteiger partial charge is 0.356 e. The zero-order valence-corrected chi connectivity index (χ0v) is 14.4. The molecule has 1 unspecified atom stereocenters. The third-order valence-corrected chi connectivity index (χ3v) is 5.21. The zero-order valence-electron chi connectivity index (χ0n) is 14.4. The highest BCUT2D eigenvalue weighted by Crippen LogP contribution is 2.36. The normalized spacial score (nSPS) is 20.6. The van der Waals surface area contributed by atoms with Crippen LogP contribution in [0.5, 0.6) is 0 Å². The van der Waals surface area contributed by atoms with Gasteiger partial charge in [0.05, 0.1) is 11.2 Å². The van der Waals surface area contributed by atoms with E-state index in [-0.39, 0.29) is 11.0 Å². The smallest absolute Gasteiger partial charge is 0.201 e. The number of piperazine rings is 1. The summed E-state index contributed by atoms with van der Waals surface area (Å²) < 4.78 is 0. The molecular formula is C22H22N2O. The van der Waals surface area contributed by atoms with E-state index in [9.17, 15) is 4.79 Å². The van der Waals surface area contributed by atoms with Crippen molar-refractivity contribution in [1.29, 1.82) is 0 Å². The summed E-state index contributed by atoms with van der Waals surface area (Å²) in [4.78, 5) is 14.9. The molecule has 0 saturated carbocycles. The number of anilines is 1. The molecule has 1 saturated heterocycles. The van der Waals surface area contributed by atoms with Crippen molar-refractivity contribution in [1.82, 2.24) is 5.32 Å². The second-order valence-electron chi connectivity index (χ2n) is 6.79. The van der Waals surface area contributed by atoms with Gasteiger partial charge in [0.15, 0.2) is 0 Å². The molecule has 1 aliphatic heterocycles. The Morgan fingerprint density at radius 2 is 1.68 bits per heavy atom. The van der Waals surface area contributed by atoms with Gasteiger partial charge in [0, 0.05) is 19.6 Å². The van der Waals surface area contributed by atoms with Crippen LogP contribution in [0.4, 0.5) is 5.69 Å². The lowest BCUT2D eigenvalue weighted by Gasteiger charge is -2.47. The zero-order chi connectivity index (χ0) is 17.3. The van der Waals surface area contributed by atoms with Gasteiger partial charge in [-0.15, -0.1) is 0 Å². The van der Waals surface area contributed by atoms with Gasteiger partial charge >= 0.3 is 0 Å². The minimum absolute atomic E-state index is 0.0679. The van der Waals surface area contributed by atoms with Gasteiger partial charge in [-0.2, -0.15) is 0 Å². The Labute approximate surface area is 147 Å². The number of hydrogen-bond acceptors (Lipinski definition) is 3. The van der Waals surface area contributed by atoms with Gasteiger partial charge in [0.25, 0.3) is 0 Å². The van der Waals surface area contributed by atoms with Crippen molar-refractivity contribution in [3.8, 4) is 0 Å². The molecule has 1 aliphatic rings. The standard InChI is InChI=1S/C22H22N2O/c1-22(19-11-7-9-17-8-5-6-10-18(17)19)16-23-14-15-24(22)20-12-3-2-4-13-21(20)25/h2-13,23H,14-16H2,1H3. The first-order valence-corrected chi connectivity index (χ1v) is 8.76. The predicted molar refractivity (Wildman–Crippen MR) is 104 cm³/mol. The Bertz CT molecular complexity index is 964. The highest BCUT2D eigenvalue weighted by Gasteiger charge is 2.38. The third-order valence-electron chi connectivity index (χ3n) is 5.21. The lowest BCUT2D eigenvalue weighted by atomic mass is 9.84. The molecule has 0 radical (unpaired) electrons. The maximum atomic E-state index is 12.6. The maximum absolute atomic E-state index is 12.6. The topological polar surface area (TPSA) is 32.3 Å². The minimum Gasteiger partial charge on any atom is -0.356 e. The summed E-state index contributed by atoms with van der Waals surface area (Å²) in [5.74, 6) is 0.